The van der Waals surface area contributed by atoms with E-state index in [1.165, 1.54) is 0 Å². The van der Waals surface area contributed by atoms with E-state index in [0.717, 1.165) is 72.6 Å². The van der Waals surface area contributed by atoms with Gasteiger partial charge in [0.15, 0.2) is 11.4 Å². The molecule has 1 saturated carbocycles. The first kappa shape index (κ1) is 27.9. The van der Waals surface area contributed by atoms with Crippen molar-refractivity contribution in [2.24, 2.45) is 18.9 Å². The number of fused-ring (bicyclic) bond motifs is 1. The van der Waals surface area contributed by atoms with Gasteiger partial charge in [-0.25, -0.2) is 15.0 Å². The molecule has 0 atom stereocenters. The van der Waals surface area contributed by atoms with Crippen LogP contribution in [0.2, 0.25) is 0 Å². The molecule has 4 rings (SSSR count). The number of anilines is 2. The number of aryl methyl sites for hydroxylation is 2. The lowest BCUT2D eigenvalue weighted by molar-refractivity contribution is -0.138. The topological polar surface area (TPSA) is 118 Å². The quantitative estimate of drug-likeness (QED) is 0.299. The van der Waals surface area contributed by atoms with Crippen LogP contribution >= 0.6 is 11.8 Å². The molecule has 3 aromatic heterocycles. The van der Waals surface area contributed by atoms with Crippen molar-refractivity contribution in [3.63, 3.8) is 0 Å². The number of aromatic nitrogens is 5. The van der Waals surface area contributed by atoms with Crippen LogP contribution in [0.25, 0.3) is 11.0 Å². The molecule has 0 spiro atoms. The molecule has 0 unspecified atom stereocenters. The predicted molar refractivity (Wildman–Crippen MR) is 152 cm³/mol. The molecule has 1 aliphatic rings. The van der Waals surface area contributed by atoms with Gasteiger partial charge in [0.2, 0.25) is 5.95 Å². The van der Waals surface area contributed by atoms with Crippen LogP contribution in [0.1, 0.15) is 50.3 Å². The first-order valence-corrected chi connectivity index (χ1v) is 14.7. The van der Waals surface area contributed by atoms with Gasteiger partial charge in [0.05, 0.1) is 24.7 Å². The average molecular weight is 542 g/mol. The predicted octanol–water partition coefficient (Wildman–Crippen LogP) is 4.53. The first-order valence-electron chi connectivity index (χ1n) is 13.4. The van der Waals surface area contributed by atoms with Crippen LogP contribution in [0.5, 0.6) is 5.75 Å². The fourth-order valence-corrected chi connectivity index (χ4v) is 5.47. The Bertz CT molecular complexity index is 1210. The molecule has 0 bridgehead atoms. The van der Waals surface area contributed by atoms with Crippen molar-refractivity contribution in [2.75, 3.05) is 41.9 Å². The molecular weight excluding hydrogens is 502 g/mol. The minimum absolute atomic E-state index is 0.283. The molecule has 1 fully saturated rings. The van der Waals surface area contributed by atoms with Crippen LogP contribution in [-0.4, -0.2) is 67.5 Å². The van der Waals surface area contributed by atoms with Gasteiger partial charge in [-0.3, -0.25) is 9.48 Å². The summed E-state index contributed by atoms with van der Waals surface area (Å²) in [6, 6.07) is 2.18. The number of aliphatic carboxylic acids is 1. The smallest absolute Gasteiger partial charge is 0.303 e. The second-order valence-corrected chi connectivity index (χ2v) is 11.0. The van der Waals surface area contributed by atoms with Crippen molar-refractivity contribution >= 4 is 40.5 Å². The van der Waals surface area contributed by atoms with Crippen molar-refractivity contribution in [1.82, 2.24) is 24.7 Å². The Hall–Kier alpha value is -3.08. The van der Waals surface area contributed by atoms with Crippen molar-refractivity contribution in [2.45, 2.75) is 52.5 Å². The lowest BCUT2D eigenvalue weighted by Crippen LogP contribution is -2.33. The largest absolute Gasteiger partial charge is 0.489 e. The van der Waals surface area contributed by atoms with Gasteiger partial charge in [0, 0.05) is 49.8 Å². The number of hydrogen-bond donors (Lipinski definition) is 2. The molecule has 0 aliphatic heterocycles. The van der Waals surface area contributed by atoms with Crippen LogP contribution in [0.15, 0.2) is 18.5 Å². The molecule has 3 heterocycles. The van der Waals surface area contributed by atoms with E-state index < -0.39 is 5.97 Å². The van der Waals surface area contributed by atoms with Crippen LogP contribution in [-0.2, 0) is 18.4 Å². The summed E-state index contributed by atoms with van der Waals surface area (Å²) in [5, 5.41) is 18.1. The molecular formula is C27H39N7O3S. The summed E-state index contributed by atoms with van der Waals surface area (Å²) in [6.07, 6.45) is 9.78. The van der Waals surface area contributed by atoms with Crippen molar-refractivity contribution in [3.8, 4) is 5.75 Å². The highest BCUT2D eigenvalue weighted by molar-refractivity contribution is 7.98. The fourth-order valence-electron chi connectivity index (χ4n) is 5.22. The Morgan fingerprint density at radius 2 is 1.95 bits per heavy atom. The lowest BCUT2D eigenvalue weighted by atomic mass is 9.80. The van der Waals surface area contributed by atoms with Gasteiger partial charge in [-0.15, -0.1) is 0 Å². The van der Waals surface area contributed by atoms with Gasteiger partial charge < -0.3 is 20.1 Å². The number of carboxylic acid groups (broad SMARTS) is 1. The van der Waals surface area contributed by atoms with Crippen LogP contribution < -0.4 is 15.0 Å². The van der Waals surface area contributed by atoms with Gasteiger partial charge in [0.25, 0.3) is 0 Å². The Morgan fingerprint density at radius 1 is 1.24 bits per heavy atom. The zero-order valence-corrected chi connectivity index (χ0v) is 23.6. The van der Waals surface area contributed by atoms with E-state index in [2.05, 4.69) is 38.3 Å². The van der Waals surface area contributed by atoms with Gasteiger partial charge in [-0.1, -0.05) is 0 Å². The highest BCUT2D eigenvalue weighted by Crippen LogP contribution is 2.33. The van der Waals surface area contributed by atoms with Crippen LogP contribution in [0, 0.1) is 18.8 Å². The molecule has 11 heteroatoms. The second-order valence-electron chi connectivity index (χ2n) is 10.0. The summed E-state index contributed by atoms with van der Waals surface area (Å²) in [4.78, 5) is 27.4. The van der Waals surface area contributed by atoms with Crippen molar-refractivity contribution < 1.29 is 14.6 Å². The third-order valence-corrected chi connectivity index (χ3v) is 7.84. The third kappa shape index (κ3) is 7.06. The normalized spacial score (nSPS) is 17.5. The molecule has 3 aromatic rings. The summed E-state index contributed by atoms with van der Waals surface area (Å²) in [6.45, 7) is 7.05. The third-order valence-electron chi connectivity index (χ3n) is 7.27. The molecule has 0 aromatic carbocycles. The van der Waals surface area contributed by atoms with E-state index in [1.54, 1.807) is 24.2 Å². The maximum Gasteiger partial charge on any atom is 0.303 e. The van der Waals surface area contributed by atoms with Gasteiger partial charge >= 0.3 is 5.97 Å². The molecule has 0 amide bonds. The number of pyridine rings is 1. The number of nitrogens with zero attached hydrogens (tertiary/aromatic N) is 6. The molecule has 38 heavy (non-hydrogen) atoms. The molecule has 1 aliphatic carbocycles. The van der Waals surface area contributed by atoms with Gasteiger partial charge in [0.1, 0.15) is 5.82 Å². The zero-order valence-electron chi connectivity index (χ0n) is 22.8. The molecule has 2 N–H and O–H groups in total. The summed E-state index contributed by atoms with van der Waals surface area (Å²) in [5.74, 6) is 3.20. The SMILES string of the molecule is CCN(C[C@H]1CC[C@H](CC(=O)O)CC1)c1nc2c(cc1CNc1ncc(OCCSC)cn1)c(C)nn2C. The van der Waals surface area contributed by atoms with E-state index in [4.69, 9.17) is 14.8 Å². The molecule has 10 nitrogen and oxygen atoms in total. The van der Waals surface area contributed by atoms with E-state index in [-0.39, 0.29) is 6.42 Å². The molecule has 0 radical (unpaired) electrons. The lowest BCUT2D eigenvalue weighted by Gasteiger charge is -2.33. The maximum atomic E-state index is 11.1. The van der Waals surface area contributed by atoms with E-state index in [9.17, 15) is 4.79 Å². The molecule has 0 saturated heterocycles. The van der Waals surface area contributed by atoms with E-state index in [0.29, 0.717) is 36.7 Å². The summed E-state index contributed by atoms with van der Waals surface area (Å²) in [5.41, 5.74) is 2.89. The van der Waals surface area contributed by atoms with Crippen LogP contribution in [0.4, 0.5) is 11.8 Å². The first-order chi connectivity index (χ1) is 18.4. The van der Waals surface area contributed by atoms with Crippen LogP contribution in [0.3, 0.4) is 0 Å². The summed E-state index contributed by atoms with van der Waals surface area (Å²) < 4.78 is 7.50. The Balaban J connectivity index is 1.50. The highest BCUT2D eigenvalue weighted by Gasteiger charge is 2.26. The van der Waals surface area contributed by atoms with E-state index in [1.807, 2.05) is 24.9 Å². The number of ether oxygens (including phenoxy) is 1. The van der Waals surface area contributed by atoms with E-state index >= 15 is 0 Å². The Kier molecular flexibility index (Phi) is 9.65. The number of rotatable bonds is 13. The van der Waals surface area contributed by atoms with Crippen molar-refractivity contribution in [3.05, 3.63) is 29.7 Å². The highest BCUT2D eigenvalue weighted by atomic mass is 32.2. The minimum Gasteiger partial charge on any atom is -0.489 e. The number of carbonyl (C=O) groups is 1. The average Bonchev–Trinajstić information content (AvgIpc) is 3.19. The number of nitrogens with one attached hydrogen (secondary N) is 1. The Morgan fingerprint density at radius 3 is 2.61 bits per heavy atom. The second kappa shape index (κ2) is 13.1. The number of carboxylic acids is 1. The van der Waals surface area contributed by atoms with Gasteiger partial charge in [-0.2, -0.15) is 16.9 Å². The van der Waals surface area contributed by atoms with Crippen molar-refractivity contribution in [1.29, 1.82) is 0 Å². The summed E-state index contributed by atoms with van der Waals surface area (Å²) >= 11 is 1.74. The maximum absolute atomic E-state index is 11.1. The zero-order chi connectivity index (χ0) is 27.1. The molecule has 206 valence electrons. The standard InChI is InChI=1S/C27H39N7O3S/c1-5-34(17-20-8-6-19(7-9-20)12-24(35)36)25-21(13-23-18(2)32-33(3)26(23)31-25)14-28-27-29-15-22(16-30-27)37-10-11-38-4/h13,15-16,19-20H,5-12,14,17H2,1-4H3,(H,35,36)(H,28,29,30)/t19-,20-. The Labute approximate surface area is 228 Å². The fraction of sp³-hybridized carbons (Fsp3) is 0.593. The number of thioether (sulfide) groups is 1. The number of hydrogen-bond acceptors (Lipinski definition) is 9. The minimum atomic E-state index is -0.688. The summed E-state index contributed by atoms with van der Waals surface area (Å²) in [7, 11) is 1.93. The monoisotopic (exact) mass is 541 g/mol. The van der Waals surface area contributed by atoms with Gasteiger partial charge in [-0.05, 0) is 63.7 Å².